The van der Waals surface area contributed by atoms with Gasteiger partial charge in [-0.05, 0) is 22.9 Å². The van der Waals surface area contributed by atoms with Gasteiger partial charge < -0.3 is 16.2 Å². The quantitative estimate of drug-likeness (QED) is 0.835. The Bertz CT molecular complexity index is 554. The third-order valence-corrected chi connectivity index (χ3v) is 2.78. The zero-order chi connectivity index (χ0) is 13.0. The van der Waals surface area contributed by atoms with Crippen molar-refractivity contribution in [2.24, 2.45) is 11.5 Å². The van der Waals surface area contributed by atoms with Gasteiger partial charge in [0, 0.05) is 6.42 Å². The highest BCUT2D eigenvalue weighted by molar-refractivity contribution is 5.83. The van der Waals surface area contributed by atoms with Crippen molar-refractivity contribution in [2.75, 3.05) is 6.61 Å². The van der Waals surface area contributed by atoms with Crippen LogP contribution in [0.3, 0.4) is 0 Å². The molecule has 2 rings (SSSR count). The number of amides is 1. The second-order valence-electron chi connectivity index (χ2n) is 4.15. The van der Waals surface area contributed by atoms with Crippen LogP contribution in [0.4, 0.5) is 0 Å². The molecule has 0 aliphatic rings. The number of benzene rings is 2. The molecule has 0 saturated heterocycles. The van der Waals surface area contributed by atoms with Crippen LogP contribution < -0.4 is 16.2 Å². The second-order valence-corrected chi connectivity index (χ2v) is 4.15. The van der Waals surface area contributed by atoms with Crippen LogP contribution in [0.25, 0.3) is 10.8 Å². The van der Waals surface area contributed by atoms with Gasteiger partial charge in [0.05, 0.1) is 12.6 Å². The number of carbonyl (C=O) groups excluding carboxylic acids is 1. The van der Waals surface area contributed by atoms with Crippen molar-refractivity contribution in [2.45, 2.75) is 12.5 Å². The topological polar surface area (TPSA) is 78.3 Å². The summed E-state index contributed by atoms with van der Waals surface area (Å²) in [7, 11) is 0. The van der Waals surface area contributed by atoms with E-state index in [9.17, 15) is 4.79 Å². The van der Waals surface area contributed by atoms with Crippen LogP contribution >= 0.6 is 0 Å². The molecule has 0 heterocycles. The number of hydrogen-bond acceptors (Lipinski definition) is 3. The molecular formula is C14H16N2O2. The summed E-state index contributed by atoms with van der Waals surface area (Å²) in [6.07, 6.45) is 0.419. The highest BCUT2D eigenvalue weighted by Gasteiger charge is 2.08. The minimum Gasteiger partial charge on any atom is -0.493 e. The average Bonchev–Trinajstić information content (AvgIpc) is 2.38. The van der Waals surface area contributed by atoms with Crippen molar-refractivity contribution in [1.29, 1.82) is 0 Å². The van der Waals surface area contributed by atoms with Crippen LogP contribution in [-0.4, -0.2) is 18.6 Å². The second kappa shape index (κ2) is 5.51. The van der Waals surface area contributed by atoms with Crippen LogP contribution in [0.15, 0.2) is 42.5 Å². The molecule has 0 aliphatic heterocycles. The Morgan fingerprint density at radius 3 is 2.61 bits per heavy atom. The van der Waals surface area contributed by atoms with E-state index in [1.54, 1.807) is 0 Å². The summed E-state index contributed by atoms with van der Waals surface area (Å²) >= 11 is 0. The van der Waals surface area contributed by atoms with Crippen LogP contribution in [0.2, 0.25) is 0 Å². The van der Waals surface area contributed by atoms with Gasteiger partial charge in [-0.2, -0.15) is 0 Å². The number of rotatable bonds is 5. The lowest BCUT2D eigenvalue weighted by atomic mass is 10.1. The van der Waals surface area contributed by atoms with Crippen molar-refractivity contribution in [3.8, 4) is 5.75 Å². The molecule has 4 heteroatoms. The molecule has 0 bridgehead atoms. The first-order valence-electron chi connectivity index (χ1n) is 5.83. The molecule has 0 saturated carbocycles. The minimum atomic E-state index is -0.648. The number of primary amides is 1. The fraction of sp³-hybridized carbons (Fsp3) is 0.214. The van der Waals surface area contributed by atoms with E-state index >= 15 is 0 Å². The first kappa shape index (κ1) is 12.4. The van der Waals surface area contributed by atoms with Crippen LogP contribution in [-0.2, 0) is 4.79 Å². The van der Waals surface area contributed by atoms with Crippen LogP contribution in [0.5, 0.6) is 5.75 Å². The molecule has 2 aromatic rings. The molecule has 2 aromatic carbocycles. The van der Waals surface area contributed by atoms with Gasteiger partial charge >= 0.3 is 0 Å². The Morgan fingerprint density at radius 1 is 1.17 bits per heavy atom. The Labute approximate surface area is 106 Å². The first-order chi connectivity index (χ1) is 8.66. The average molecular weight is 244 g/mol. The molecule has 0 aliphatic carbocycles. The summed E-state index contributed by atoms with van der Waals surface area (Å²) in [4.78, 5) is 10.8. The van der Waals surface area contributed by atoms with E-state index in [1.165, 1.54) is 5.39 Å². The third kappa shape index (κ3) is 2.99. The predicted molar refractivity (Wildman–Crippen MR) is 71.2 cm³/mol. The summed E-state index contributed by atoms with van der Waals surface area (Å²) < 4.78 is 5.55. The van der Waals surface area contributed by atoms with Crippen molar-refractivity contribution in [1.82, 2.24) is 0 Å². The van der Waals surface area contributed by atoms with E-state index in [-0.39, 0.29) is 0 Å². The van der Waals surface area contributed by atoms with Crippen molar-refractivity contribution in [3.63, 3.8) is 0 Å². The summed E-state index contributed by atoms with van der Waals surface area (Å²) in [5.41, 5.74) is 10.6. The van der Waals surface area contributed by atoms with Crippen LogP contribution in [0.1, 0.15) is 6.42 Å². The Morgan fingerprint density at radius 2 is 1.89 bits per heavy atom. The van der Waals surface area contributed by atoms with E-state index in [4.69, 9.17) is 16.2 Å². The normalized spacial score (nSPS) is 12.3. The molecule has 0 fully saturated rings. The van der Waals surface area contributed by atoms with Gasteiger partial charge in [0.2, 0.25) is 5.91 Å². The van der Waals surface area contributed by atoms with Crippen molar-refractivity contribution < 1.29 is 9.53 Å². The Kier molecular flexibility index (Phi) is 3.79. The third-order valence-electron chi connectivity index (χ3n) is 2.78. The number of ether oxygens (including phenoxy) is 1. The molecule has 0 unspecified atom stereocenters. The van der Waals surface area contributed by atoms with E-state index < -0.39 is 11.9 Å². The molecule has 4 N–H and O–H groups in total. The molecule has 1 atom stereocenters. The lowest BCUT2D eigenvalue weighted by Gasteiger charge is -2.09. The highest BCUT2D eigenvalue weighted by Crippen LogP contribution is 2.20. The summed E-state index contributed by atoms with van der Waals surface area (Å²) in [5.74, 6) is 0.266. The lowest BCUT2D eigenvalue weighted by molar-refractivity contribution is -0.119. The maximum atomic E-state index is 10.8. The van der Waals surface area contributed by atoms with Gasteiger partial charge in [0.15, 0.2) is 0 Å². The molecule has 1 amide bonds. The fourth-order valence-electron chi connectivity index (χ4n) is 1.70. The maximum Gasteiger partial charge on any atom is 0.234 e. The number of carbonyl (C=O) groups is 1. The number of fused-ring (bicyclic) bond motifs is 1. The molecule has 0 aromatic heterocycles. The summed E-state index contributed by atoms with van der Waals surface area (Å²) in [6, 6.07) is 13.3. The Hall–Kier alpha value is -2.07. The predicted octanol–water partition coefficient (Wildman–Crippen LogP) is 1.42. The molecule has 0 radical (unpaired) electrons. The van der Waals surface area contributed by atoms with Gasteiger partial charge in [0.25, 0.3) is 0 Å². The first-order valence-corrected chi connectivity index (χ1v) is 5.83. The SMILES string of the molecule is NC(=O)[C@@H](N)CCOc1ccc2ccccc2c1. The summed E-state index contributed by atoms with van der Waals surface area (Å²) in [6.45, 7) is 0.377. The van der Waals surface area contributed by atoms with Gasteiger partial charge in [-0.1, -0.05) is 30.3 Å². The Balaban J connectivity index is 1.98. The van der Waals surface area contributed by atoms with Gasteiger partial charge in [-0.25, -0.2) is 0 Å². The standard InChI is InChI=1S/C14H16N2O2/c15-13(14(16)17)7-8-18-12-6-5-10-3-1-2-4-11(10)9-12/h1-6,9,13H,7-8,15H2,(H2,16,17)/t13-/m0/s1. The van der Waals surface area contributed by atoms with Crippen LogP contribution in [0, 0.1) is 0 Å². The smallest absolute Gasteiger partial charge is 0.234 e. The summed E-state index contributed by atoms with van der Waals surface area (Å²) in [5, 5.41) is 2.29. The van der Waals surface area contributed by atoms with Gasteiger partial charge in [-0.3, -0.25) is 4.79 Å². The van der Waals surface area contributed by atoms with Crippen molar-refractivity contribution >= 4 is 16.7 Å². The van der Waals surface area contributed by atoms with Gasteiger partial charge in [-0.15, -0.1) is 0 Å². The van der Waals surface area contributed by atoms with E-state index in [1.807, 2.05) is 42.5 Å². The zero-order valence-corrected chi connectivity index (χ0v) is 10.0. The maximum absolute atomic E-state index is 10.8. The van der Waals surface area contributed by atoms with E-state index in [0.29, 0.717) is 13.0 Å². The van der Waals surface area contributed by atoms with Crippen molar-refractivity contribution in [3.05, 3.63) is 42.5 Å². The van der Waals surface area contributed by atoms with E-state index in [0.717, 1.165) is 11.1 Å². The molecule has 4 nitrogen and oxygen atoms in total. The fourth-order valence-corrected chi connectivity index (χ4v) is 1.70. The molecule has 18 heavy (non-hydrogen) atoms. The zero-order valence-electron chi connectivity index (χ0n) is 10.0. The minimum absolute atomic E-state index is 0.377. The van der Waals surface area contributed by atoms with Gasteiger partial charge in [0.1, 0.15) is 5.75 Å². The molecule has 94 valence electrons. The lowest BCUT2D eigenvalue weighted by Crippen LogP contribution is -2.37. The largest absolute Gasteiger partial charge is 0.493 e. The van der Waals surface area contributed by atoms with E-state index in [2.05, 4.69) is 0 Å². The highest BCUT2D eigenvalue weighted by atomic mass is 16.5. The number of hydrogen-bond donors (Lipinski definition) is 2. The molecule has 0 spiro atoms. The number of nitrogens with two attached hydrogens (primary N) is 2. The monoisotopic (exact) mass is 244 g/mol. The molecular weight excluding hydrogens is 228 g/mol.